The lowest BCUT2D eigenvalue weighted by Crippen LogP contribution is -2.43. The molecule has 0 aromatic heterocycles. The topological polar surface area (TPSA) is 86.7 Å². The number of carboxylic acid groups (broad SMARTS) is 1. The highest BCUT2D eigenvalue weighted by Gasteiger charge is 2.37. The summed E-state index contributed by atoms with van der Waals surface area (Å²) in [5.41, 5.74) is -0.540. The molecule has 2 atom stereocenters. The van der Waals surface area contributed by atoms with E-state index >= 15 is 0 Å². The van der Waals surface area contributed by atoms with Gasteiger partial charge in [-0.3, -0.25) is 14.4 Å². The van der Waals surface area contributed by atoms with E-state index in [1.165, 1.54) is 4.90 Å². The third-order valence-electron chi connectivity index (χ3n) is 3.36. The molecule has 1 saturated heterocycles. The number of likely N-dealkylation sites (tertiary alicyclic amines) is 1. The number of hydrogen-bond donors (Lipinski definition) is 2. The molecule has 0 saturated carbocycles. The Bertz CT molecular complexity index is 387. The smallest absolute Gasteiger partial charge is 0.308 e. The lowest BCUT2D eigenvalue weighted by atomic mass is 9.96. The zero-order valence-electron chi connectivity index (χ0n) is 11.9. The number of carboxylic acids is 1. The minimum absolute atomic E-state index is 0.0558. The normalized spacial score (nSPS) is 23.3. The van der Waals surface area contributed by atoms with E-state index in [4.69, 9.17) is 5.11 Å². The van der Waals surface area contributed by atoms with Crippen molar-refractivity contribution in [2.24, 2.45) is 17.3 Å². The molecule has 108 valence electrons. The summed E-state index contributed by atoms with van der Waals surface area (Å²) in [6.07, 6.45) is 0. The van der Waals surface area contributed by atoms with Gasteiger partial charge in [0.25, 0.3) is 0 Å². The molecule has 0 aliphatic carbocycles. The molecule has 6 heteroatoms. The van der Waals surface area contributed by atoms with E-state index in [9.17, 15) is 14.4 Å². The second-order valence-corrected chi connectivity index (χ2v) is 6.15. The van der Waals surface area contributed by atoms with Crippen molar-refractivity contribution >= 4 is 17.8 Å². The lowest BCUT2D eigenvalue weighted by Gasteiger charge is -2.20. The number of nitrogens with zero attached hydrogens (tertiary/aromatic N) is 1. The highest BCUT2D eigenvalue weighted by Crippen LogP contribution is 2.23. The van der Waals surface area contributed by atoms with E-state index in [0.29, 0.717) is 6.54 Å². The first kappa shape index (κ1) is 15.5. The predicted molar refractivity (Wildman–Crippen MR) is 69.3 cm³/mol. The monoisotopic (exact) mass is 270 g/mol. The van der Waals surface area contributed by atoms with Crippen molar-refractivity contribution in [1.29, 1.82) is 0 Å². The van der Waals surface area contributed by atoms with Crippen LogP contribution >= 0.6 is 0 Å². The molecule has 0 radical (unpaired) electrons. The molecule has 2 N–H and O–H groups in total. The van der Waals surface area contributed by atoms with Crippen molar-refractivity contribution in [3.63, 3.8) is 0 Å². The molecule has 0 aromatic carbocycles. The summed E-state index contributed by atoms with van der Waals surface area (Å²) in [6.45, 7) is 7.71. The van der Waals surface area contributed by atoms with E-state index < -0.39 is 17.3 Å². The Morgan fingerprint density at radius 1 is 1.26 bits per heavy atom. The van der Waals surface area contributed by atoms with Crippen LogP contribution in [0.15, 0.2) is 0 Å². The van der Waals surface area contributed by atoms with Gasteiger partial charge >= 0.3 is 5.97 Å². The van der Waals surface area contributed by atoms with Gasteiger partial charge in [-0.15, -0.1) is 0 Å². The number of rotatable bonds is 3. The van der Waals surface area contributed by atoms with Gasteiger partial charge in [0.15, 0.2) is 0 Å². The van der Waals surface area contributed by atoms with Gasteiger partial charge in [-0.25, -0.2) is 0 Å². The van der Waals surface area contributed by atoms with E-state index in [0.717, 1.165) is 0 Å². The average Bonchev–Trinajstić information content (AvgIpc) is 2.66. The maximum Gasteiger partial charge on any atom is 0.308 e. The van der Waals surface area contributed by atoms with Gasteiger partial charge < -0.3 is 15.3 Å². The fraction of sp³-hybridized carbons (Fsp3) is 0.769. The summed E-state index contributed by atoms with van der Waals surface area (Å²) in [7, 11) is 0. The number of carbonyl (C=O) groups excluding carboxylic acids is 2. The molecule has 2 amide bonds. The van der Waals surface area contributed by atoms with Gasteiger partial charge in [0.05, 0.1) is 12.5 Å². The van der Waals surface area contributed by atoms with E-state index in [1.54, 1.807) is 20.8 Å². The van der Waals surface area contributed by atoms with E-state index in [1.807, 2.05) is 6.92 Å². The van der Waals surface area contributed by atoms with Crippen LogP contribution < -0.4 is 5.32 Å². The maximum absolute atomic E-state index is 11.9. The predicted octanol–water partition coefficient (Wildman–Crippen LogP) is 0.328. The van der Waals surface area contributed by atoms with Crippen LogP contribution in [0.3, 0.4) is 0 Å². The van der Waals surface area contributed by atoms with Gasteiger partial charge in [0.1, 0.15) is 0 Å². The second kappa shape index (κ2) is 5.59. The molecule has 0 bridgehead atoms. The van der Waals surface area contributed by atoms with Gasteiger partial charge in [-0.05, 0) is 5.92 Å². The minimum Gasteiger partial charge on any atom is -0.481 e. The Morgan fingerprint density at radius 2 is 1.84 bits per heavy atom. The van der Waals surface area contributed by atoms with Crippen LogP contribution in [0.1, 0.15) is 27.7 Å². The third-order valence-corrected chi connectivity index (χ3v) is 3.36. The van der Waals surface area contributed by atoms with Crippen molar-refractivity contribution < 1.29 is 19.5 Å². The molecule has 2 unspecified atom stereocenters. The average molecular weight is 270 g/mol. The summed E-state index contributed by atoms with van der Waals surface area (Å²) in [5, 5.41) is 11.6. The molecular formula is C13H22N2O4. The minimum atomic E-state index is -0.874. The molecule has 1 heterocycles. The van der Waals surface area contributed by atoms with Crippen LogP contribution in [0.4, 0.5) is 0 Å². The molecular weight excluding hydrogens is 248 g/mol. The molecule has 0 aromatic rings. The number of amides is 2. The first-order valence-electron chi connectivity index (χ1n) is 6.42. The number of hydrogen-bond acceptors (Lipinski definition) is 3. The highest BCUT2D eigenvalue weighted by atomic mass is 16.4. The Labute approximate surface area is 113 Å². The molecule has 1 rings (SSSR count). The van der Waals surface area contributed by atoms with Gasteiger partial charge in [-0.1, -0.05) is 27.7 Å². The summed E-state index contributed by atoms with van der Waals surface area (Å²) in [4.78, 5) is 36.0. The van der Waals surface area contributed by atoms with Crippen molar-refractivity contribution in [3.8, 4) is 0 Å². The summed E-state index contributed by atoms with van der Waals surface area (Å²) >= 11 is 0. The first-order valence-corrected chi connectivity index (χ1v) is 6.42. The van der Waals surface area contributed by atoms with Crippen molar-refractivity contribution in [3.05, 3.63) is 0 Å². The van der Waals surface area contributed by atoms with Crippen molar-refractivity contribution in [2.45, 2.75) is 27.7 Å². The maximum atomic E-state index is 11.9. The second-order valence-electron chi connectivity index (χ2n) is 6.15. The van der Waals surface area contributed by atoms with Crippen LogP contribution in [-0.4, -0.2) is 47.4 Å². The third kappa shape index (κ3) is 3.94. The van der Waals surface area contributed by atoms with Gasteiger partial charge in [-0.2, -0.15) is 0 Å². The molecule has 6 nitrogen and oxygen atoms in total. The summed E-state index contributed by atoms with van der Waals surface area (Å²) in [5.74, 6) is -1.86. The van der Waals surface area contributed by atoms with Gasteiger partial charge in [0, 0.05) is 18.5 Å². The van der Waals surface area contributed by atoms with Gasteiger partial charge in [0.2, 0.25) is 11.8 Å². The fourth-order valence-electron chi connectivity index (χ4n) is 2.02. The quantitative estimate of drug-likeness (QED) is 0.773. The summed E-state index contributed by atoms with van der Waals surface area (Å²) in [6, 6.07) is 0. The van der Waals surface area contributed by atoms with Crippen LogP contribution in [0, 0.1) is 17.3 Å². The molecule has 1 aliphatic rings. The zero-order chi connectivity index (χ0) is 14.8. The van der Waals surface area contributed by atoms with E-state index in [2.05, 4.69) is 5.32 Å². The highest BCUT2D eigenvalue weighted by molar-refractivity contribution is 5.87. The fourth-order valence-corrected chi connectivity index (χ4v) is 2.02. The Kier molecular flexibility index (Phi) is 4.55. The van der Waals surface area contributed by atoms with Crippen LogP contribution in [0.5, 0.6) is 0 Å². The molecule has 19 heavy (non-hydrogen) atoms. The SMILES string of the molecule is CC1CN(C(=O)CNC(=O)C(C)(C)C)CC1C(=O)O. The van der Waals surface area contributed by atoms with Crippen LogP contribution in [0.25, 0.3) is 0 Å². The number of carbonyl (C=O) groups is 3. The van der Waals surface area contributed by atoms with Crippen LogP contribution in [0.2, 0.25) is 0 Å². The number of nitrogens with one attached hydrogen (secondary N) is 1. The summed E-state index contributed by atoms with van der Waals surface area (Å²) < 4.78 is 0. The van der Waals surface area contributed by atoms with Crippen LogP contribution in [-0.2, 0) is 14.4 Å². The molecule has 0 spiro atoms. The molecule has 1 aliphatic heterocycles. The Morgan fingerprint density at radius 3 is 2.26 bits per heavy atom. The first-order chi connectivity index (χ1) is 8.62. The standard InChI is InChI=1S/C13H22N2O4/c1-8-6-15(7-9(8)11(17)18)10(16)5-14-12(19)13(2,3)4/h8-9H,5-7H2,1-4H3,(H,14,19)(H,17,18). The van der Waals surface area contributed by atoms with Crippen molar-refractivity contribution in [2.75, 3.05) is 19.6 Å². The Hall–Kier alpha value is -1.59. The lowest BCUT2D eigenvalue weighted by molar-refractivity contribution is -0.142. The van der Waals surface area contributed by atoms with Crippen molar-refractivity contribution in [1.82, 2.24) is 10.2 Å². The Balaban J connectivity index is 2.48. The van der Waals surface area contributed by atoms with E-state index in [-0.39, 0.29) is 30.8 Å². The largest absolute Gasteiger partial charge is 0.481 e. The zero-order valence-corrected chi connectivity index (χ0v) is 11.9. The molecule has 1 fully saturated rings. The number of aliphatic carboxylic acids is 1.